The molecule has 2 rings (SSSR count). The highest BCUT2D eigenvalue weighted by Crippen LogP contribution is 2.17. The Morgan fingerprint density at radius 1 is 0.941 bits per heavy atom. The predicted molar refractivity (Wildman–Crippen MR) is 69.0 cm³/mol. The monoisotopic (exact) mass is 247 g/mol. The van der Waals surface area contributed by atoms with Crippen LogP contribution in [0.4, 0.5) is 11.9 Å². The summed E-state index contributed by atoms with van der Waals surface area (Å²) in [4.78, 5) is 11.5. The maximum Gasteiger partial charge on any atom is 0.225 e. The first-order valence-corrected chi connectivity index (χ1v) is 5.22. The first-order chi connectivity index (χ1) is 8.15. The second kappa shape index (κ2) is 4.80. The van der Waals surface area contributed by atoms with Crippen molar-refractivity contribution in [1.29, 1.82) is 0 Å². The minimum atomic E-state index is 0.0938. The molecule has 0 saturated carbocycles. The fourth-order valence-corrected chi connectivity index (χ4v) is 1.47. The van der Waals surface area contributed by atoms with Gasteiger partial charge in [0.1, 0.15) is 0 Å². The van der Waals surface area contributed by atoms with Crippen molar-refractivity contribution in [2.45, 2.75) is 0 Å². The number of nitrogen functional groups attached to an aromatic ring is 2. The molecule has 1 heterocycles. The average Bonchev–Trinajstić information content (AvgIpc) is 2.27. The zero-order valence-electron chi connectivity index (χ0n) is 8.84. The van der Waals surface area contributed by atoms with E-state index in [0.29, 0.717) is 10.8 Å². The Balaban J connectivity index is 2.29. The first-order valence-electron chi connectivity index (χ1n) is 4.85. The van der Waals surface area contributed by atoms with E-state index < -0.39 is 0 Å². The van der Waals surface area contributed by atoms with Crippen LogP contribution in [0.3, 0.4) is 0 Å². The molecule has 0 saturated heterocycles. The summed E-state index contributed by atoms with van der Waals surface area (Å²) in [5.41, 5.74) is 11.8. The molecule has 1 aromatic carbocycles. The molecule has 0 aliphatic heterocycles. The Hall–Kier alpha value is -2.14. The van der Waals surface area contributed by atoms with Gasteiger partial charge in [0.25, 0.3) is 0 Å². The van der Waals surface area contributed by atoms with Crippen LogP contribution in [-0.4, -0.2) is 15.0 Å². The van der Waals surface area contributed by atoms with E-state index in [1.807, 2.05) is 18.2 Å². The third-order valence-corrected chi connectivity index (χ3v) is 2.35. The zero-order chi connectivity index (χ0) is 12.3. The van der Waals surface area contributed by atoms with Gasteiger partial charge in [-0.3, -0.25) is 0 Å². The van der Waals surface area contributed by atoms with Gasteiger partial charge in [-0.25, -0.2) is 0 Å². The van der Waals surface area contributed by atoms with Gasteiger partial charge in [0, 0.05) is 5.02 Å². The number of hydrogen-bond acceptors (Lipinski definition) is 5. The fourth-order valence-electron chi connectivity index (χ4n) is 1.28. The summed E-state index contributed by atoms with van der Waals surface area (Å²) in [5, 5.41) is 0.652. The summed E-state index contributed by atoms with van der Waals surface area (Å²) in [7, 11) is 0. The highest BCUT2D eigenvalue weighted by molar-refractivity contribution is 6.32. The van der Waals surface area contributed by atoms with Crippen molar-refractivity contribution in [3.8, 4) is 0 Å². The van der Waals surface area contributed by atoms with Crippen LogP contribution >= 0.6 is 11.6 Å². The molecule has 0 aliphatic carbocycles. The van der Waals surface area contributed by atoms with Crippen LogP contribution < -0.4 is 11.5 Å². The third-order valence-electron chi connectivity index (χ3n) is 2.00. The summed E-state index contributed by atoms with van der Waals surface area (Å²) in [5.74, 6) is 0.586. The van der Waals surface area contributed by atoms with Gasteiger partial charge in [0.05, 0.1) is 0 Å². The molecule has 4 N–H and O–H groups in total. The van der Waals surface area contributed by atoms with Gasteiger partial charge in [-0.2, -0.15) is 15.0 Å². The highest BCUT2D eigenvalue weighted by atomic mass is 35.5. The number of nitrogens with two attached hydrogens (primary N) is 2. The fraction of sp³-hybridized carbons (Fsp3) is 0. The third kappa shape index (κ3) is 2.92. The van der Waals surface area contributed by atoms with E-state index >= 15 is 0 Å². The maximum absolute atomic E-state index is 6.00. The molecule has 0 aliphatic rings. The normalized spacial score (nSPS) is 10.9. The van der Waals surface area contributed by atoms with E-state index in [-0.39, 0.29) is 11.9 Å². The van der Waals surface area contributed by atoms with Gasteiger partial charge >= 0.3 is 0 Å². The van der Waals surface area contributed by atoms with Gasteiger partial charge in [-0.1, -0.05) is 29.8 Å². The summed E-state index contributed by atoms with van der Waals surface area (Å²) >= 11 is 6.00. The lowest BCUT2D eigenvalue weighted by Crippen LogP contribution is -2.04. The largest absolute Gasteiger partial charge is 0.368 e. The van der Waals surface area contributed by atoms with E-state index in [0.717, 1.165) is 5.56 Å². The second-order valence-corrected chi connectivity index (χ2v) is 3.67. The van der Waals surface area contributed by atoms with Crippen LogP contribution in [0.25, 0.3) is 12.2 Å². The van der Waals surface area contributed by atoms with E-state index in [1.54, 1.807) is 18.2 Å². The van der Waals surface area contributed by atoms with Gasteiger partial charge in [0.15, 0.2) is 5.82 Å². The van der Waals surface area contributed by atoms with Crippen LogP contribution in [0.2, 0.25) is 5.02 Å². The molecule has 2 aromatic rings. The number of nitrogens with zero attached hydrogens (tertiary/aromatic N) is 3. The van der Waals surface area contributed by atoms with Crippen LogP contribution in [0.5, 0.6) is 0 Å². The smallest absolute Gasteiger partial charge is 0.225 e. The number of halogens is 1. The number of anilines is 2. The van der Waals surface area contributed by atoms with Crippen molar-refractivity contribution in [3.05, 3.63) is 40.7 Å². The van der Waals surface area contributed by atoms with Crippen molar-refractivity contribution in [1.82, 2.24) is 15.0 Å². The molecule has 5 nitrogen and oxygen atoms in total. The Labute approximate surface area is 103 Å². The van der Waals surface area contributed by atoms with Crippen molar-refractivity contribution < 1.29 is 0 Å². The summed E-state index contributed by atoms with van der Waals surface area (Å²) in [6, 6.07) is 7.43. The summed E-state index contributed by atoms with van der Waals surface area (Å²) in [6.07, 6.45) is 3.46. The Bertz CT molecular complexity index is 547. The number of rotatable bonds is 2. The molecule has 0 fully saturated rings. The molecule has 0 spiro atoms. The molecule has 6 heteroatoms. The molecule has 0 radical (unpaired) electrons. The van der Waals surface area contributed by atoms with E-state index in [1.165, 1.54) is 0 Å². The molecule has 1 aromatic heterocycles. The molecule has 86 valence electrons. The van der Waals surface area contributed by atoms with Crippen LogP contribution in [0.15, 0.2) is 24.3 Å². The van der Waals surface area contributed by atoms with Crippen molar-refractivity contribution in [2.75, 3.05) is 11.5 Å². The molecular weight excluding hydrogens is 238 g/mol. The Morgan fingerprint density at radius 2 is 1.59 bits per heavy atom. The molecular formula is C11H10ClN5. The number of hydrogen-bond donors (Lipinski definition) is 2. The summed E-state index contributed by atoms with van der Waals surface area (Å²) < 4.78 is 0. The lowest BCUT2D eigenvalue weighted by Gasteiger charge is -1.98. The molecule has 0 atom stereocenters. The minimum Gasteiger partial charge on any atom is -0.368 e. The molecule has 0 bridgehead atoms. The SMILES string of the molecule is Nc1nc(N)nc(/C=C/c2ccccc2Cl)n1. The van der Waals surface area contributed by atoms with Gasteiger partial charge in [0.2, 0.25) is 11.9 Å². The number of aromatic nitrogens is 3. The van der Waals surface area contributed by atoms with Crippen LogP contribution in [0, 0.1) is 0 Å². The van der Waals surface area contributed by atoms with Crippen molar-refractivity contribution in [2.24, 2.45) is 0 Å². The van der Waals surface area contributed by atoms with E-state index in [9.17, 15) is 0 Å². The maximum atomic E-state index is 6.00. The summed E-state index contributed by atoms with van der Waals surface area (Å²) in [6.45, 7) is 0. The standard InChI is InChI=1S/C11H10ClN5/c12-8-4-2-1-3-7(8)5-6-9-15-10(13)17-11(14)16-9/h1-6H,(H4,13,14,15,16,17)/b6-5+. The molecule has 0 amide bonds. The van der Waals surface area contributed by atoms with Crippen molar-refractivity contribution in [3.63, 3.8) is 0 Å². The lowest BCUT2D eigenvalue weighted by atomic mass is 10.2. The molecule has 17 heavy (non-hydrogen) atoms. The molecule has 0 unspecified atom stereocenters. The van der Waals surface area contributed by atoms with Crippen LogP contribution in [-0.2, 0) is 0 Å². The predicted octanol–water partition coefficient (Wildman–Crippen LogP) is 1.86. The number of benzene rings is 1. The first kappa shape index (κ1) is 11.3. The van der Waals surface area contributed by atoms with E-state index in [4.69, 9.17) is 23.1 Å². The van der Waals surface area contributed by atoms with Crippen LogP contribution in [0.1, 0.15) is 11.4 Å². The Kier molecular flexibility index (Phi) is 3.20. The second-order valence-electron chi connectivity index (χ2n) is 3.26. The lowest BCUT2D eigenvalue weighted by molar-refractivity contribution is 1.06. The minimum absolute atomic E-state index is 0.0938. The highest BCUT2D eigenvalue weighted by Gasteiger charge is 1.98. The van der Waals surface area contributed by atoms with E-state index in [2.05, 4.69) is 15.0 Å². The average molecular weight is 248 g/mol. The zero-order valence-corrected chi connectivity index (χ0v) is 9.59. The van der Waals surface area contributed by atoms with Gasteiger partial charge in [-0.05, 0) is 23.8 Å². The quantitative estimate of drug-likeness (QED) is 0.845. The Morgan fingerprint density at radius 3 is 2.24 bits per heavy atom. The van der Waals surface area contributed by atoms with Crippen molar-refractivity contribution >= 4 is 35.6 Å². The topological polar surface area (TPSA) is 90.7 Å². The van der Waals surface area contributed by atoms with Gasteiger partial charge < -0.3 is 11.5 Å². The van der Waals surface area contributed by atoms with Gasteiger partial charge in [-0.15, -0.1) is 0 Å².